The fourth-order valence-electron chi connectivity index (χ4n) is 1.93. The van der Waals surface area contributed by atoms with Gasteiger partial charge in [-0.25, -0.2) is 0 Å². The van der Waals surface area contributed by atoms with E-state index < -0.39 is 0 Å². The van der Waals surface area contributed by atoms with E-state index in [4.69, 9.17) is 0 Å². The van der Waals surface area contributed by atoms with Crippen LogP contribution in [0.4, 0.5) is 11.4 Å². The zero-order valence-corrected chi connectivity index (χ0v) is 12.7. The van der Waals surface area contributed by atoms with E-state index in [0.717, 1.165) is 17.8 Å². The van der Waals surface area contributed by atoms with Crippen LogP contribution in [0, 0.1) is 6.92 Å². The number of rotatable bonds is 5. The molecule has 1 unspecified atom stereocenters. The average molecular weight is 283 g/mol. The molecule has 1 aromatic carbocycles. The Balaban J connectivity index is 2.12. The smallest absolute Gasteiger partial charge is 0.253 e. The second-order valence-corrected chi connectivity index (χ2v) is 5.24. The van der Waals surface area contributed by atoms with Gasteiger partial charge in [-0.3, -0.25) is 9.78 Å². The van der Waals surface area contributed by atoms with Crippen LogP contribution in [0.5, 0.6) is 0 Å². The van der Waals surface area contributed by atoms with Gasteiger partial charge >= 0.3 is 0 Å². The fraction of sp³-hybridized carbons (Fsp3) is 0.294. The molecular formula is C17H21N3O. The van der Waals surface area contributed by atoms with Gasteiger partial charge in [0, 0.05) is 17.9 Å². The summed E-state index contributed by atoms with van der Waals surface area (Å²) in [6, 6.07) is 10.0. The number of benzene rings is 1. The molecule has 0 saturated heterocycles. The molecule has 2 aromatic rings. The lowest BCUT2D eigenvalue weighted by molar-refractivity contribution is 0.0939. The molecule has 0 bridgehead atoms. The summed E-state index contributed by atoms with van der Waals surface area (Å²) >= 11 is 0. The molecule has 0 saturated carbocycles. The topological polar surface area (TPSA) is 54.0 Å². The van der Waals surface area contributed by atoms with Crippen LogP contribution in [0.2, 0.25) is 0 Å². The first-order valence-electron chi connectivity index (χ1n) is 7.18. The summed E-state index contributed by atoms with van der Waals surface area (Å²) in [5.74, 6) is -0.0928. The van der Waals surface area contributed by atoms with E-state index in [0.29, 0.717) is 5.56 Å². The van der Waals surface area contributed by atoms with E-state index in [-0.39, 0.29) is 11.9 Å². The number of hydrogen-bond acceptors (Lipinski definition) is 3. The van der Waals surface area contributed by atoms with Gasteiger partial charge in [-0.05, 0) is 44.0 Å². The lowest BCUT2D eigenvalue weighted by atomic mass is 10.2. The molecule has 0 aliphatic rings. The second kappa shape index (κ2) is 6.88. The van der Waals surface area contributed by atoms with Crippen molar-refractivity contribution in [3.63, 3.8) is 0 Å². The average Bonchev–Trinajstić information content (AvgIpc) is 2.47. The summed E-state index contributed by atoms with van der Waals surface area (Å²) in [5.41, 5.74) is 3.53. The largest absolute Gasteiger partial charge is 0.354 e. The highest BCUT2D eigenvalue weighted by Gasteiger charge is 2.09. The highest BCUT2D eigenvalue weighted by atomic mass is 16.1. The Morgan fingerprint density at radius 3 is 2.76 bits per heavy atom. The van der Waals surface area contributed by atoms with Crippen LogP contribution < -0.4 is 10.6 Å². The maximum Gasteiger partial charge on any atom is 0.253 e. The molecule has 1 amide bonds. The van der Waals surface area contributed by atoms with Crippen molar-refractivity contribution in [2.45, 2.75) is 33.2 Å². The molecule has 2 rings (SSSR count). The molecule has 0 aliphatic heterocycles. The molecule has 2 N–H and O–H groups in total. The van der Waals surface area contributed by atoms with Gasteiger partial charge in [0.25, 0.3) is 5.91 Å². The molecule has 0 radical (unpaired) electrons. The van der Waals surface area contributed by atoms with E-state index in [9.17, 15) is 4.79 Å². The summed E-state index contributed by atoms with van der Waals surface area (Å²) in [6.07, 6.45) is 4.20. The van der Waals surface area contributed by atoms with E-state index in [1.165, 1.54) is 5.56 Å². The van der Waals surface area contributed by atoms with Crippen LogP contribution in [-0.4, -0.2) is 16.9 Å². The van der Waals surface area contributed by atoms with Crippen LogP contribution in [0.25, 0.3) is 0 Å². The Hall–Kier alpha value is -2.36. The van der Waals surface area contributed by atoms with Crippen molar-refractivity contribution >= 4 is 17.3 Å². The summed E-state index contributed by atoms with van der Waals surface area (Å²) in [7, 11) is 0. The van der Waals surface area contributed by atoms with Gasteiger partial charge in [0.05, 0.1) is 17.4 Å². The number of nitrogens with one attached hydrogen (secondary N) is 2. The Labute approximate surface area is 125 Å². The Morgan fingerprint density at radius 2 is 2.05 bits per heavy atom. The third-order valence-corrected chi connectivity index (χ3v) is 3.30. The molecule has 1 heterocycles. The van der Waals surface area contributed by atoms with Crippen LogP contribution in [0.15, 0.2) is 42.7 Å². The Kier molecular flexibility index (Phi) is 4.93. The van der Waals surface area contributed by atoms with Gasteiger partial charge in [0.1, 0.15) is 0 Å². The van der Waals surface area contributed by atoms with Crippen molar-refractivity contribution < 1.29 is 4.79 Å². The van der Waals surface area contributed by atoms with Gasteiger partial charge < -0.3 is 10.6 Å². The molecule has 4 nitrogen and oxygen atoms in total. The Morgan fingerprint density at radius 1 is 1.24 bits per heavy atom. The fourth-order valence-corrected chi connectivity index (χ4v) is 1.93. The molecule has 21 heavy (non-hydrogen) atoms. The standard InChI is InChI=1S/C17H21N3O/c1-4-13(3)19-17(21)14-9-16(11-18-10-14)20-15-7-5-6-12(2)8-15/h5-11,13,20H,4H2,1-3H3,(H,19,21). The quantitative estimate of drug-likeness (QED) is 0.880. The van der Waals surface area contributed by atoms with Gasteiger partial charge in [-0.1, -0.05) is 19.1 Å². The summed E-state index contributed by atoms with van der Waals surface area (Å²) in [5, 5.41) is 6.20. The maximum atomic E-state index is 12.1. The number of aromatic nitrogens is 1. The minimum Gasteiger partial charge on any atom is -0.354 e. The number of aryl methyl sites for hydroxylation is 1. The van der Waals surface area contributed by atoms with Crippen molar-refractivity contribution in [1.29, 1.82) is 0 Å². The molecule has 1 atom stereocenters. The SMILES string of the molecule is CCC(C)NC(=O)c1cncc(Nc2cccc(C)c2)c1. The monoisotopic (exact) mass is 283 g/mol. The zero-order valence-electron chi connectivity index (χ0n) is 12.7. The van der Waals surface area contributed by atoms with Crippen molar-refractivity contribution in [1.82, 2.24) is 10.3 Å². The highest BCUT2D eigenvalue weighted by Crippen LogP contribution is 2.17. The van der Waals surface area contributed by atoms with Crippen molar-refractivity contribution in [3.05, 3.63) is 53.9 Å². The number of anilines is 2. The van der Waals surface area contributed by atoms with Gasteiger partial charge in [0.15, 0.2) is 0 Å². The number of hydrogen-bond donors (Lipinski definition) is 2. The first-order chi connectivity index (χ1) is 10.1. The number of nitrogens with zero attached hydrogens (tertiary/aromatic N) is 1. The summed E-state index contributed by atoms with van der Waals surface area (Å²) < 4.78 is 0. The van der Waals surface area contributed by atoms with Crippen molar-refractivity contribution in [3.8, 4) is 0 Å². The van der Waals surface area contributed by atoms with Gasteiger partial charge in [0.2, 0.25) is 0 Å². The van der Waals surface area contributed by atoms with Crippen molar-refractivity contribution in [2.75, 3.05) is 5.32 Å². The maximum absolute atomic E-state index is 12.1. The van der Waals surface area contributed by atoms with Crippen LogP contribution in [0.3, 0.4) is 0 Å². The number of amides is 1. The molecule has 110 valence electrons. The zero-order chi connectivity index (χ0) is 15.2. The summed E-state index contributed by atoms with van der Waals surface area (Å²) in [6.45, 7) is 6.07. The third kappa shape index (κ3) is 4.31. The van der Waals surface area contributed by atoms with Crippen LogP contribution in [0.1, 0.15) is 36.2 Å². The predicted molar refractivity (Wildman–Crippen MR) is 85.9 cm³/mol. The van der Waals surface area contributed by atoms with E-state index in [1.807, 2.05) is 51.1 Å². The van der Waals surface area contributed by atoms with E-state index in [2.05, 4.69) is 15.6 Å². The van der Waals surface area contributed by atoms with Crippen molar-refractivity contribution in [2.24, 2.45) is 0 Å². The third-order valence-electron chi connectivity index (χ3n) is 3.30. The van der Waals surface area contributed by atoms with Gasteiger partial charge in [-0.2, -0.15) is 0 Å². The number of pyridine rings is 1. The minimum atomic E-state index is -0.0928. The minimum absolute atomic E-state index is 0.0928. The summed E-state index contributed by atoms with van der Waals surface area (Å²) in [4.78, 5) is 16.2. The molecule has 0 spiro atoms. The lowest BCUT2D eigenvalue weighted by Crippen LogP contribution is -2.31. The van der Waals surface area contributed by atoms with Crippen LogP contribution in [-0.2, 0) is 0 Å². The molecule has 4 heteroatoms. The molecular weight excluding hydrogens is 262 g/mol. The molecule has 0 aliphatic carbocycles. The number of carbonyl (C=O) groups is 1. The van der Waals surface area contributed by atoms with Gasteiger partial charge in [-0.15, -0.1) is 0 Å². The normalized spacial score (nSPS) is 11.8. The molecule has 1 aromatic heterocycles. The second-order valence-electron chi connectivity index (χ2n) is 5.24. The van der Waals surface area contributed by atoms with Crippen LogP contribution >= 0.6 is 0 Å². The first kappa shape index (κ1) is 15.0. The van der Waals surface area contributed by atoms with E-state index >= 15 is 0 Å². The number of carbonyl (C=O) groups excluding carboxylic acids is 1. The van der Waals surface area contributed by atoms with E-state index in [1.54, 1.807) is 12.4 Å². The Bertz CT molecular complexity index is 625. The lowest BCUT2D eigenvalue weighted by Gasteiger charge is -2.12. The highest BCUT2D eigenvalue weighted by molar-refractivity contribution is 5.95. The molecule has 0 fully saturated rings. The predicted octanol–water partition coefficient (Wildman–Crippen LogP) is 3.66. The first-order valence-corrected chi connectivity index (χ1v) is 7.18.